The lowest BCUT2D eigenvalue weighted by atomic mass is 10.1. The molecule has 0 bridgehead atoms. The molecule has 0 radical (unpaired) electrons. The van der Waals surface area contributed by atoms with Crippen LogP contribution in [0.5, 0.6) is 0 Å². The maximum Gasteiger partial charge on any atom is 0.251 e. The number of halogens is 1. The fourth-order valence-electron chi connectivity index (χ4n) is 3.75. The van der Waals surface area contributed by atoms with Crippen LogP contribution in [0.15, 0.2) is 82.3 Å². The molecule has 0 saturated heterocycles. The zero-order valence-corrected chi connectivity index (χ0v) is 20.1. The number of para-hydroxylation sites is 1. The summed E-state index contributed by atoms with van der Waals surface area (Å²) in [5.74, 6) is 0.901. The van der Waals surface area contributed by atoms with E-state index in [1.165, 1.54) is 21.4 Å². The highest BCUT2D eigenvalue weighted by Crippen LogP contribution is 2.32. The number of fused-ring (bicyclic) bond motifs is 1. The summed E-state index contributed by atoms with van der Waals surface area (Å²) >= 11 is 5.34. The first kappa shape index (κ1) is 21.7. The van der Waals surface area contributed by atoms with Crippen molar-refractivity contribution in [3.05, 3.63) is 99.7 Å². The van der Waals surface area contributed by atoms with Gasteiger partial charge in [-0.3, -0.25) is 4.79 Å². The van der Waals surface area contributed by atoms with Gasteiger partial charge in [0.15, 0.2) is 0 Å². The maximum absolute atomic E-state index is 12.6. The van der Waals surface area contributed by atoms with Crippen LogP contribution < -0.4 is 5.32 Å². The van der Waals surface area contributed by atoms with E-state index in [2.05, 4.69) is 86.6 Å². The number of hydrogen-bond donors (Lipinski definition) is 1. The standard InChI is InChI=1S/C26H25BrN2OS/c1-18-13-19(2)15-21(14-18)26(30)28-11-12-29-16-25(23-5-3-4-6-24(23)29)31-17-20-7-9-22(27)10-8-20/h3-10,13-16H,11-12,17H2,1-2H3,(H,28,30). The van der Waals surface area contributed by atoms with Crippen molar-refractivity contribution in [1.29, 1.82) is 0 Å². The first-order chi connectivity index (χ1) is 15.0. The Morgan fingerprint density at radius 1 is 1.00 bits per heavy atom. The summed E-state index contributed by atoms with van der Waals surface area (Å²) in [6.07, 6.45) is 2.21. The van der Waals surface area contributed by atoms with Gasteiger partial charge in [-0.25, -0.2) is 0 Å². The Labute approximate surface area is 196 Å². The van der Waals surface area contributed by atoms with Crippen molar-refractivity contribution < 1.29 is 4.79 Å². The van der Waals surface area contributed by atoms with E-state index in [0.29, 0.717) is 6.54 Å². The molecule has 1 N–H and O–H groups in total. The molecule has 3 aromatic carbocycles. The van der Waals surface area contributed by atoms with Gasteiger partial charge in [0.1, 0.15) is 0 Å². The number of carbonyl (C=O) groups is 1. The molecule has 1 heterocycles. The summed E-state index contributed by atoms with van der Waals surface area (Å²) in [4.78, 5) is 13.8. The SMILES string of the molecule is Cc1cc(C)cc(C(=O)NCCn2cc(SCc3ccc(Br)cc3)c3ccccc32)c1. The number of rotatable bonds is 7. The molecule has 0 aliphatic carbocycles. The van der Waals surface area contributed by atoms with Gasteiger partial charge in [-0.2, -0.15) is 0 Å². The molecule has 0 saturated carbocycles. The highest BCUT2D eigenvalue weighted by atomic mass is 79.9. The van der Waals surface area contributed by atoms with E-state index in [0.717, 1.165) is 33.5 Å². The quantitative estimate of drug-likeness (QED) is 0.289. The van der Waals surface area contributed by atoms with Crippen molar-refractivity contribution in [2.75, 3.05) is 6.54 Å². The van der Waals surface area contributed by atoms with Gasteiger partial charge in [0.2, 0.25) is 0 Å². The van der Waals surface area contributed by atoms with E-state index in [1.54, 1.807) is 0 Å². The van der Waals surface area contributed by atoms with Crippen molar-refractivity contribution in [3.63, 3.8) is 0 Å². The summed E-state index contributed by atoms with van der Waals surface area (Å²) in [6, 6.07) is 22.9. The van der Waals surface area contributed by atoms with Crippen LogP contribution in [-0.2, 0) is 12.3 Å². The van der Waals surface area contributed by atoms with E-state index in [4.69, 9.17) is 0 Å². The monoisotopic (exact) mass is 492 g/mol. The van der Waals surface area contributed by atoms with Crippen LogP contribution in [0.2, 0.25) is 0 Å². The van der Waals surface area contributed by atoms with Gasteiger partial charge >= 0.3 is 0 Å². The zero-order valence-electron chi connectivity index (χ0n) is 17.7. The minimum absolute atomic E-state index is 0.0203. The van der Waals surface area contributed by atoms with Crippen LogP contribution >= 0.6 is 27.7 Å². The Kier molecular flexibility index (Phi) is 6.83. The maximum atomic E-state index is 12.6. The second-order valence-corrected chi connectivity index (χ2v) is 9.68. The molecule has 4 aromatic rings. The van der Waals surface area contributed by atoms with Crippen LogP contribution in [-0.4, -0.2) is 17.0 Å². The number of thioether (sulfide) groups is 1. The van der Waals surface area contributed by atoms with Crippen LogP contribution in [0.1, 0.15) is 27.0 Å². The Bertz CT molecular complexity index is 1190. The van der Waals surface area contributed by atoms with E-state index in [-0.39, 0.29) is 5.91 Å². The van der Waals surface area contributed by atoms with Gasteiger partial charge in [0.05, 0.1) is 0 Å². The normalized spacial score (nSPS) is 11.1. The second-order valence-electron chi connectivity index (χ2n) is 7.75. The second kappa shape index (κ2) is 9.75. The van der Waals surface area contributed by atoms with E-state index >= 15 is 0 Å². The van der Waals surface area contributed by atoms with Crippen molar-refractivity contribution in [2.45, 2.75) is 31.0 Å². The predicted octanol–water partition coefficient (Wildman–Crippen LogP) is 6.74. The molecule has 0 aliphatic heterocycles. The largest absolute Gasteiger partial charge is 0.350 e. The van der Waals surface area contributed by atoms with E-state index < -0.39 is 0 Å². The minimum Gasteiger partial charge on any atom is -0.350 e. The molecule has 0 fully saturated rings. The number of nitrogens with one attached hydrogen (secondary N) is 1. The molecule has 1 amide bonds. The summed E-state index contributed by atoms with van der Waals surface area (Å²) in [7, 11) is 0. The Balaban J connectivity index is 1.44. The number of amides is 1. The number of aryl methyl sites for hydroxylation is 2. The van der Waals surface area contributed by atoms with E-state index in [9.17, 15) is 4.79 Å². The van der Waals surface area contributed by atoms with Crippen LogP contribution in [0, 0.1) is 13.8 Å². The number of carbonyl (C=O) groups excluding carboxylic acids is 1. The lowest BCUT2D eigenvalue weighted by molar-refractivity contribution is 0.0952. The summed E-state index contributed by atoms with van der Waals surface area (Å²) < 4.78 is 3.34. The topological polar surface area (TPSA) is 34.0 Å². The van der Waals surface area contributed by atoms with Gasteiger partial charge in [-0.05, 0) is 49.7 Å². The van der Waals surface area contributed by atoms with Gasteiger partial charge < -0.3 is 9.88 Å². The first-order valence-electron chi connectivity index (χ1n) is 10.3. The van der Waals surface area contributed by atoms with Crippen LogP contribution in [0.3, 0.4) is 0 Å². The van der Waals surface area contributed by atoms with Gasteiger partial charge in [0, 0.05) is 50.9 Å². The highest BCUT2D eigenvalue weighted by Gasteiger charge is 2.10. The molecule has 31 heavy (non-hydrogen) atoms. The fourth-order valence-corrected chi connectivity index (χ4v) is 5.06. The number of aromatic nitrogens is 1. The van der Waals surface area contributed by atoms with Crippen molar-refractivity contribution >= 4 is 44.5 Å². The third-order valence-electron chi connectivity index (χ3n) is 5.18. The van der Waals surface area contributed by atoms with Gasteiger partial charge in [0.25, 0.3) is 5.91 Å². The highest BCUT2D eigenvalue weighted by molar-refractivity contribution is 9.10. The zero-order chi connectivity index (χ0) is 21.8. The van der Waals surface area contributed by atoms with Crippen LogP contribution in [0.25, 0.3) is 10.9 Å². The Morgan fingerprint density at radius 3 is 2.45 bits per heavy atom. The van der Waals surface area contributed by atoms with Crippen molar-refractivity contribution in [2.24, 2.45) is 0 Å². The fraction of sp³-hybridized carbons (Fsp3) is 0.192. The Hall–Kier alpha value is -2.50. The average molecular weight is 493 g/mol. The molecule has 0 atom stereocenters. The van der Waals surface area contributed by atoms with Crippen molar-refractivity contribution in [1.82, 2.24) is 9.88 Å². The molecule has 158 valence electrons. The molecule has 1 aromatic heterocycles. The molecule has 0 unspecified atom stereocenters. The summed E-state index contributed by atoms with van der Waals surface area (Å²) in [5.41, 5.74) is 5.43. The third-order valence-corrected chi connectivity index (χ3v) is 6.82. The molecule has 3 nitrogen and oxygen atoms in total. The minimum atomic E-state index is -0.0203. The molecular weight excluding hydrogens is 468 g/mol. The van der Waals surface area contributed by atoms with Crippen molar-refractivity contribution in [3.8, 4) is 0 Å². The Morgan fingerprint density at radius 2 is 1.71 bits per heavy atom. The third kappa shape index (κ3) is 5.41. The van der Waals surface area contributed by atoms with Crippen LogP contribution in [0.4, 0.5) is 0 Å². The van der Waals surface area contributed by atoms with E-state index in [1.807, 2.05) is 37.7 Å². The summed E-state index contributed by atoms with van der Waals surface area (Å²) in [6.45, 7) is 5.35. The molecule has 5 heteroatoms. The predicted molar refractivity (Wildman–Crippen MR) is 134 cm³/mol. The molecule has 0 spiro atoms. The number of benzene rings is 3. The summed E-state index contributed by atoms with van der Waals surface area (Å²) in [5, 5.41) is 4.32. The lowest BCUT2D eigenvalue weighted by Gasteiger charge is -2.09. The smallest absolute Gasteiger partial charge is 0.251 e. The molecular formula is C26H25BrN2OS. The average Bonchev–Trinajstić information content (AvgIpc) is 3.10. The first-order valence-corrected chi connectivity index (χ1v) is 12.1. The van der Waals surface area contributed by atoms with Gasteiger partial charge in [-0.1, -0.05) is 63.5 Å². The lowest BCUT2D eigenvalue weighted by Crippen LogP contribution is -2.27. The number of hydrogen-bond acceptors (Lipinski definition) is 2. The van der Waals surface area contributed by atoms with Gasteiger partial charge in [-0.15, -0.1) is 11.8 Å². The molecule has 0 aliphatic rings. The number of nitrogens with zero attached hydrogens (tertiary/aromatic N) is 1. The molecule has 4 rings (SSSR count).